The molecule has 0 unspecified atom stereocenters. The molecule has 0 radical (unpaired) electrons. The summed E-state index contributed by atoms with van der Waals surface area (Å²) >= 11 is 0. The number of allylic oxidation sites excluding steroid dienone is 2. The SMILES string of the molecule is CC1=C(C)C(=O)O[C@H]([C@@H](C)[C@H]2CC[C@H]3[C@@H]4[C@@H]5O[C@@H]5[C@@]5(C)CC=CC(=O)[C@]5(C)[C@H]4CC[C@]23C)C1. The Balaban J connectivity index is 1.30. The molecule has 0 N–H and O–H groups in total. The highest BCUT2D eigenvalue weighted by atomic mass is 16.6. The number of hydrogen-bond donors (Lipinski definition) is 0. The Bertz CT molecular complexity index is 978. The highest BCUT2D eigenvalue weighted by Crippen LogP contribution is 2.74. The topological polar surface area (TPSA) is 55.9 Å². The Kier molecular flexibility index (Phi) is 4.57. The normalized spacial score (nSPS) is 53.6. The van der Waals surface area contributed by atoms with Crippen molar-refractivity contribution in [3.8, 4) is 0 Å². The highest BCUT2D eigenvalue weighted by Gasteiger charge is 2.76. The van der Waals surface area contributed by atoms with Gasteiger partial charge in [-0.25, -0.2) is 4.79 Å². The maximum absolute atomic E-state index is 13.4. The van der Waals surface area contributed by atoms with Crippen LogP contribution in [0.1, 0.15) is 80.1 Å². The molecule has 33 heavy (non-hydrogen) atoms. The van der Waals surface area contributed by atoms with Crippen LogP contribution in [-0.2, 0) is 19.1 Å². The van der Waals surface area contributed by atoms with Crippen LogP contribution < -0.4 is 0 Å². The molecular formula is C29H40O4. The van der Waals surface area contributed by atoms with Gasteiger partial charge >= 0.3 is 5.97 Å². The molecule has 0 bridgehead atoms. The molecule has 6 rings (SSSR count). The summed E-state index contributed by atoms with van der Waals surface area (Å²) in [6.07, 6.45) is 11.0. The van der Waals surface area contributed by atoms with Crippen LogP contribution in [0.5, 0.6) is 0 Å². The van der Waals surface area contributed by atoms with Crippen molar-refractivity contribution in [1.82, 2.24) is 0 Å². The quantitative estimate of drug-likeness (QED) is 0.401. The smallest absolute Gasteiger partial charge is 0.333 e. The van der Waals surface area contributed by atoms with E-state index in [1.54, 1.807) is 0 Å². The standard InChI is InChI=1S/C29H40O4/c1-15-14-21(32-26(31)16(15)2)17(3)18-9-10-19-23-20(11-13-27(18,19)4)29(6)22(30)8-7-12-28(29,5)25-24(23)33-25/h7-8,17-21,23-25H,9-14H2,1-6H3/t17-,18+,19-,20-,21-,23-,24-,25-,27+,28+,29-/m0/s1. The third-order valence-electron chi connectivity index (χ3n) is 12.1. The first kappa shape index (κ1) is 22.1. The second-order valence-electron chi connectivity index (χ2n) is 13.0. The molecule has 0 amide bonds. The van der Waals surface area contributed by atoms with Gasteiger partial charge in [0, 0.05) is 22.8 Å². The molecule has 180 valence electrons. The van der Waals surface area contributed by atoms with Gasteiger partial charge in [-0.3, -0.25) is 4.79 Å². The van der Waals surface area contributed by atoms with Gasteiger partial charge in [-0.2, -0.15) is 0 Å². The lowest BCUT2D eigenvalue weighted by molar-refractivity contribution is -0.158. The molecule has 4 nitrogen and oxygen atoms in total. The number of carbonyl (C=O) groups excluding carboxylic acids is 2. The van der Waals surface area contributed by atoms with Crippen molar-refractivity contribution in [3.63, 3.8) is 0 Å². The maximum atomic E-state index is 13.4. The number of fused-ring (bicyclic) bond motifs is 8. The van der Waals surface area contributed by atoms with Crippen molar-refractivity contribution < 1.29 is 19.1 Å². The minimum Gasteiger partial charge on any atom is -0.458 e. The second-order valence-corrected chi connectivity index (χ2v) is 13.0. The lowest BCUT2D eigenvalue weighted by Gasteiger charge is -2.61. The van der Waals surface area contributed by atoms with Crippen molar-refractivity contribution in [3.05, 3.63) is 23.3 Å². The molecule has 0 aromatic carbocycles. The third-order valence-corrected chi connectivity index (χ3v) is 12.1. The first-order chi connectivity index (χ1) is 15.5. The lowest BCUT2D eigenvalue weighted by atomic mass is 9.41. The van der Waals surface area contributed by atoms with E-state index in [2.05, 4.69) is 40.7 Å². The fourth-order valence-electron chi connectivity index (χ4n) is 9.70. The number of ketones is 1. The molecule has 11 atom stereocenters. The van der Waals surface area contributed by atoms with Crippen LogP contribution >= 0.6 is 0 Å². The zero-order valence-electron chi connectivity index (χ0n) is 21.1. The Hall–Kier alpha value is -1.42. The molecule has 1 saturated heterocycles. The van der Waals surface area contributed by atoms with E-state index in [4.69, 9.17) is 9.47 Å². The van der Waals surface area contributed by atoms with E-state index in [0.717, 1.165) is 24.8 Å². The van der Waals surface area contributed by atoms with Crippen LogP contribution in [-0.4, -0.2) is 30.1 Å². The monoisotopic (exact) mass is 452 g/mol. The summed E-state index contributed by atoms with van der Waals surface area (Å²) in [7, 11) is 0. The third kappa shape index (κ3) is 2.62. The van der Waals surface area contributed by atoms with Gasteiger partial charge in [0.05, 0.1) is 12.2 Å². The first-order valence-electron chi connectivity index (χ1n) is 13.3. The van der Waals surface area contributed by atoms with E-state index in [1.165, 1.54) is 24.8 Å². The fraction of sp³-hybridized carbons (Fsp3) is 0.793. The van der Waals surface area contributed by atoms with Crippen LogP contribution in [0.25, 0.3) is 0 Å². The van der Waals surface area contributed by atoms with E-state index in [9.17, 15) is 9.59 Å². The van der Waals surface area contributed by atoms with Crippen LogP contribution in [0.2, 0.25) is 0 Å². The second kappa shape index (κ2) is 6.83. The van der Waals surface area contributed by atoms with Crippen LogP contribution in [0.15, 0.2) is 23.3 Å². The Morgan fingerprint density at radius 3 is 2.55 bits per heavy atom. The van der Waals surface area contributed by atoms with Gasteiger partial charge in [-0.15, -0.1) is 0 Å². The first-order valence-corrected chi connectivity index (χ1v) is 13.3. The number of esters is 1. The Morgan fingerprint density at radius 1 is 1.06 bits per heavy atom. The Morgan fingerprint density at radius 2 is 1.82 bits per heavy atom. The molecule has 0 aromatic heterocycles. The molecule has 0 spiro atoms. The summed E-state index contributed by atoms with van der Waals surface area (Å²) < 4.78 is 12.4. The number of ether oxygens (including phenoxy) is 2. The average molecular weight is 453 g/mol. The number of epoxide rings is 1. The summed E-state index contributed by atoms with van der Waals surface area (Å²) in [5.74, 6) is 2.59. The minimum absolute atomic E-state index is 0.0124. The van der Waals surface area contributed by atoms with Crippen molar-refractivity contribution >= 4 is 11.8 Å². The summed E-state index contributed by atoms with van der Waals surface area (Å²) in [6, 6.07) is 0. The van der Waals surface area contributed by atoms with Gasteiger partial charge in [0.25, 0.3) is 0 Å². The summed E-state index contributed by atoms with van der Waals surface area (Å²) in [5.41, 5.74) is 1.82. The molecule has 2 aliphatic heterocycles. The summed E-state index contributed by atoms with van der Waals surface area (Å²) in [4.78, 5) is 25.8. The van der Waals surface area contributed by atoms with Crippen molar-refractivity contribution in [1.29, 1.82) is 0 Å². The van der Waals surface area contributed by atoms with Gasteiger partial charge < -0.3 is 9.47 Å². The minimum atomic E-state index is -0.312. The predicted molar refractivity (Wildman–Crippen MR) is 126 cm³/mol. The van der Waals surface area contributed by atoms with Gasteiger partial charge in [-0.05, 0) is 87.0 Å². The van der Waals surface area contributed by atoms with Gasteiger partial charge in [0.15, 0.2) is 5.78 Å². The van der Waals surface area contributed by atoms with Crippen molar-refractivity contribution in [2.75, 3.05) is 0 Å². The summed E-state index contributed by atoms with van der Waals surface area (Å²) in [5, 5.41) is 0. The van der Waals surface area contributed by atoms with Gasteiger partial charge in [0.2, 0.25) is 0 Å². The van der Waals surface area contributed by atoms with E-state index in [-0.39, 0.29) is 34.4 Å². The highest BCUT2D eigenvalue weighted by molar-refractivity contribution is 5.97. The molecule has 6 aliphatic rings. The van der Waals surface area contributed by atoms with Crippen molar-refractivity contribution in [2.45, 2.75) is 98.4 Å². The van der Waals surface area contributed by atoms with E-state index in [1.807, 2.05) is 13.0 Å². The zero-order chi connectivity index (χ0) is 23.5. The van der Waals surface area contributed by atoms with Crippen LogP contribution in [0.4, 0.5) is 0 Å². The molecule has 4 aliphatic carbocycles. The number of rotatable bonds is 2. The summed E-state index contributed by atoms with van der Waals surface area (Å²) in [6.45, 7) is 13.4. The van der Waals surface area contributed by atoms with Gasteiger partial charge in [-0.1, -0.05) is 39.3 Å². The number of cyclic esters (lactones) is 1. The number of carbonyl (C=O) groups is 2. The Labute approximate surface area is 198 Å². The molecule has 0 aromatic rings. The maximum Gasteiger partial charge on any atom is 0.333 e. The van der Waals surface area contributed by atoms with E-state index >= 15 is 0 Å². The molecular weight excluding hydrogens is 412 g/mol. The number of hydrogen-bond acceptors (Lipinski definition) is 4. The fourth-order valence-corrected chi connectivity index (χ4v) is 9.70. The molecule has 4 fully saturated rings. The predicted octanol–water partition coefficient (Wildman–Crippen LogP) is 5.66. The lowest BCUT2D eigenvalue weighted by Crippen LogP contribution is -2.62. The van der Waals surface area contributed by atoms with Crippen LogP contribution in [0, 0.1) is 45.8 Å². The molecule has 3 saturated carbocycles. The van der Waals surface area contributed by atoms with Gasteiger partial charge in [0.1, 0.15) is 6.10 Å². The van der Waals surface area contributed by atoms with Crippen LogP contribution in [0.3, 0.4) is 0 Å². The molecule has 2 heterocycles. The zero-order valence-corrected chi connectivity index (χ0v) is 21.1. The van der Waals surface area contributed by atoms with E-state index < -0.39 is 0 Å². The largest absolute Gasteiger partial charge is 0.458 e. The van der Waals surface area contributed by atoms with Crippen molar-refractivity contribution in [2.24, 2.45) is 45.8 Å². The molecule has 4 heteroatoms. The average Bonchev–Trinajstić information content (AvgIpc) is 3.50. The van der Waals surface area contributed by atoms with E-state index in [0.29, 0.717) is 41.5 Å².